The van der Waals surface area contributed by atoms with Crippen LogP contribution in [-0.2, 0) is 0 Å². The van der Waals surface area contributed by atoms with Crippen LogP contribution in [-0.4, -0.2) is 22.6 Å². The monoisotopic (exact) mass is 300 g/mol. The van der Waals surface area contributed by atoms with Crippen molar-refractivity contribution < 1.29 is 9.90 Å². The van der Waals surface area contributed by atoms with Crippen LogP contribution >= 0.6 is 11.3 Å². The van der Waals surface area contributed by atoms with Crippen LogP contribution in [0.3, 0.4) is 0 Å². The highest BCUT2D eigenvalue weighted by Crippen LogP contribution is 2.22. The van der Waals surface area contributed by atoms with Crippen molar-refractivity contribution in [1.29, 1.82) is 0 Å². The van der Waals surface area contributed by atoms with E-state index < -0.39 is 0 Å². The van der Waals surface area contributed by atoms with Crippen molar-refractivity contribution in [3.8, 4) is 11.8 Å². The van der Waals surface area contributed by atoms with Crippen molar-refractivity contribution in [3.63, 3.8) is 0 Å². The molecule has 0 saturated carbocycles. The number of carbonyl (C=O) groups is 1. The molecule has 0 fully saturated rings. The highest BCUT2D eigenvalue weighted by Gasteiger charge is 2.15. The van der Waals surface area contributed by atoms with E-state index in [9.17, 15) is 4.79 Å². The Bertz CT molecular complexity index is 656. The van der Waals surface area contributed by atoms with Gasteiger partial charge in [-0.25, -0.2) is 0 Å². The van der Waals surface area contributed by atoms with Gasteiger partial charge in [-0.2, -0.15) is 0 Å². The number of aliphatic hydroxyl groups is 1. The summed E-state index contributed by atoms with van der Waals surface area (Å²) in [5, 5.41) is 13.7. The SMILES string of the molecule is CCC(NC(=O)c1cncc(C#CCO)c1)c1cccs1. The Labute approximate surface area is 127 Å². The van der Waals surface area contributed by atoms with Gasteiger partial charge in [0.05, 0.1) is 11.6 Å². The highest BCUT2D eigenvalue weighted by atomic mass is 32.1. The number of hydrogen-bond donors (Lipinski definition) is 2. The van der Waals surface area contributed by atoms with E-state index in [1.54, 1.807) is 23.6 Å². The van der Waals surface area contributed by atoms with Crippen LogP contribution in [0.4, 0.5) is 0 Å². The first-order valence-electron chi connectivity index (χ1n) is 6.63. The average molecular weight is 300 g/mol. The maximum Gasteiger partial charge on any atom is 0.253 e. The summed E-state index contributed by atoms with van der Waals surface area (Å²) in [5.41, 5.74) is 1.08. The molecule has 4 nitrogen and oxygen atoms in total. The van der Waals surface area contributed by atoms with E-state index in [1.807, 2.05) is 24.4 Å². The van der Waals surface area contributed by atoms with Gasteiger partial charge < -0.3 is 10.4 Å². The molecule has 5 heteroatoms. The topological polar surface area (TPSA) is 62.2 Å². The number of nitrogens with one attached hydrogen (secondary N) is 1. The maximum atomic E-state index is 12.3. The van der Waals surface area contributed by atoms with E-state index in [0.29, 0.717) is 11.1 Å². The van der Waals surface area contributed by atoms with Gasteiger partial charge in [-0.1, -0.05) is 24.8 Å². The Morgan fingerprint density at radius 1 is 1.52 bits per heavy atom. The second-order valence-corrected chi connectivity index (χ2v) is 5.35. The Balaban J connectivity index is 2.12. The summed E-state index contributed by atoms with van der Waals surface area (Å²) < 4.78 is 0. The Hall–Kier alpha value is -2.16. The van der Waals surface area contributed by atoms with Crippen LogP contribution < -0.4 is 5.32 Å². The number of aliphatic hydroxyl groups excluding tert-OH is 1. The van der Waals surface area contributed by atoms with Crippen LogP contribution in [0.2, 0.25) is 0 Å². The zero-order valence-electron chi connectivity index (χ0n) is 11.7. The maximum absolute atomic E-state index is 12.3. The van der Waals surface area contributed by atoms with Gasteiger partial charge in [0.15, 0.2) is 0 Å². The standard InChI is InChI=1S/C16H16N2O2S/c1-2-14(15-6-4-8-21-15)18-16(20)13-9-12(5-3-7-19)10-17-11-13/h4,6,8-11,14,19H,2,7H2,1H3,(H,18,20). The number of amides is 1. The Morgan fingerprint density at radius 2 is 2.38 bits per heavy atom. The molecule has 0 spiro atoms. The molecular weight excluding hydrogens is 284 g/mol. The normalized spacial score (nSPS) is 11.3. The number of aromatic nitrogens is 1. The molecule has 1 atom stereocenters. The van der Waals surface area contributed by atoms with Crippen molar-refractivity contribution in [2.24, 2.45) is 0 Å². The number of pyridine rings is 1. The van der Waals surface area contributed by atoms with E-state index in [0.717, 1.165) is 11.3 Å². The molecule has 0 aliphatic carbocycles. The van der Waals surface area contributed by atoms with Gasteiger partial charge in [-0.05, 0) is 23.9 Å². The molecule has 0 aromatic carbocycles. The molecule has 2 aromatic rings. The summed E-state index contributed by atoms with van der Waals surface area (Å²) in [6.07, 6.45) is 3.90. The third-order valence-electron chi connectivity index (χ3n) is 2.91. The van der Waals surface area contributed by atoms with Gasteiger partial charge in [0.1, 0.15) is 6.61 Å². The lowest BCUT2D eigenvalue weighted by atomic mass is 10.1. The summed E-state index contributed by atoms with van der Waals surface area (Å²) in [6, 6.07) is 5.67. The summed E-state index contributed by atoms with van der Waals surface area (Å²) in [5.74, 6) is 5.11. The first-order valence-corrected chi connectivity index (χ1v) is 7.51. The van der Waals surface area contributed by atoms with Gasteiger partial charge in [0.2, 0.25) is 0 Å². The molecule has 21 heavy (non-hydrogen) atoms. The predicted octanol–water partition coefficient (Wildman–Crippen LogP) is 2.37. The van der Waals surface area contributed by atoms with Crippen LogP contribution in [0.15, 0.2) is 36.0 Å². The first-order chi connectivity index (χ1) is 10.2. The van der Waals surface area contributed by atoms with Gasteiger partial charge >= 0.3 is 0 Å². The second-order valence-electron chi connectivity index (χ2n) is 4.37. The van der Waals surface area contributed by atoms with Gasteiger partial charge in [0, 0.05) is 22.8 Å². The van der Waals surface area contributed by atoms with Crippen molar-refractivity contribution in [2.75, 3.05) is 6.61 Å². The Kier molecular flexibility index (Phi) is 5.50. The minimum Gasteiger partial charge on any atom is -0.384 e. The van der Waals surface area contributed by atoms with Crippen molar-refractivity contribution >= 4 is 17.2 Å². The van der Waals surface area contributed by atoms with E-state index in [4.69, 9.17) is 5.11 Å². The molecule has 0 bridgehead atoms. The fourth-order valence-corrected chi connectivity index (χ4v) is 2.74. The summed E-state index contributed by atoms with van der Waals surface area (Å²) in [6.45, 7) is 1.82. The molecule has 2 aromatic heterocycles. The lowest BCUT2D eigenvalue weighted by Crippen LogP contribution is -2.27. The first kappa shape index (κ1) is 15.2. The number of hydrogen-bond acceptors (Lipinski definition) is 4. The molecule has 2 rings (SSSR count). The molecule has 0 saturated heterocycles. The predicted molar refractivity (Wildman–Crippen MR) is 83.0 cm³/mol. The third-order valence-corrected chi connectivity index (χ3v) is 3.90. The Morgan fingerprint density at radius 3 is 3.05 bits per heavy atom. The average Bonchev–Trinajstić information content (AvgIpc) is 3.04. The van der Waals surface area contributed by atoms with Crippen LogP contribution in [0.1, 0.15) is 40.2 Å². The lowest BCUT2D eigenvalue weighted by Gasteiger charge is -2.15. The van der Waals surface area contributed by atoms with Crippen LogP contribution in [0.5, 0.6) is 0 Å². The minimum atomic E-state index is -0.216. The van der Waals surface area contributed by atoms with Crippen LogP contribution in [0.25, 0.3) is 0 Å². The summed E-state index contributed by atoms with van der Waals surface area (Å²) in [7, 11) is 0. The quantitative estimate of drug-likeness (QED) is 0.852. The van der Waals surface area contributed by atoms with Crippen molar-refractivity contribution in [1.82, 2.24) is 10.3 Å². The van der Waals surface area contributed by atoms with Gasteiger partial charge in [-0.15, -0.1) is 11.3 Å². The zero-order chi connectivity index (χ0) is 15.1. The van der Waals surface area contributed by atoms with Gasteiger partial charge in [-0.3, -0.25) is 9.78 Å². The highest BCUT2D eigenvalue weighted by molar-refractivity contribution is 7.10. The molecule has 0 aliphatic heterocycles. The van der Waals surface area contributed by atoms with E-state index in [1.165, 1.54) is 6.20 Å². The fourth-order valence-electron chi connectivity index (χ4n) is 1.88. The molecular formula is C16H16N2O2S. The summed E-state index contributed by atoms with van der Waals surface area (Å²) >= 11 is 1.63. The molecule has 0 aliphatic rings. The molecule has 1 amide bonds. The number of rotatable bonds is 4. The third kappa shape index (κ3) is 4.15. The second kappa shape index (κ2) is 7.58. The molecule has 108 valence electrons. The molecule has 2 N–H and O–H groups in total. The molecule has 0 radical (unpaired) electrons. The largest absolute Gasteiger partial charge is 0.384 e. The number of nitrogens with zero attached hydrogens (tertiary/aromatic N) is 1. The lowest BCUT2D eigenvalue weighted by molar-refractivity contribution is 0.0936. The van der Waals surface area contributed by atoms with Crippen LogP contribution in [0, 0.1) is 11.8 Å². The van der Waals surface area contributed by atoms with Gasteiger partial charge in [0.25, 0.3) is 5.91 Å². The number of carbonyl (C=O) groups excluding carboxylic acids is 1. The van der Waals surface area contributed by atoms with E-state index in [2.05, 4.69) is 22.1 Å². The minimum absolute atomic E-state index is 0.00434. The summed E-state index contributed by atoms with van der Waals surface area (Å²) in [4.78, 5) is 17.4. The number of thiophene rings is 1. The smallest absolute Gasteiger partial charge is 0.253 e. The fraction of sp³-hybridized carbons (Fsp3) is 0.250. The van der Waals surface area contributed by atoms with Crippen molar-refractivity contribution in [3.05, 3.63) is 52.0 Å². The van der Waals surface area contributed by atoms with E-state index in [-0.39, 0.29) is 18.6 Å². The zero-order valence-corrected chi connectivity index (χ0v) is 12.5. The molecule has 2 heterocycles. The molecule has 1 unspecified atom stereocenters. The van der Waals surface area contributed by atoms with Crippen molar-refractivity contribution in [2.45, 2.75) is 19.4 Å². The van der Waals surface area contributed by atoms with E-state index >= 15 is 0 Å².